The van der Waals surface area contributed by atoms with Crippen LogP contribution in [-0.2, 0) is 6.18 Å². The summed E-state index contributed by atoms with van der Waals surface area (Å²) in [6, 6.07) is 4.14. The van der Waals surface area contributed by atoms with Crippen molar-refractivity contribution in [2.45, 2.75) is 6.18 Å². The summed E-state index contributed by atoms with van der Waals surface area (Å²) in [5.74, 6) is 0. The van der Waals surface area contributed by atoms with E-state index in [4.69, 9.17) is 0 Å². The molecule has 0 bridgehead atoms. The number of carbonyl (C=O) groups excluding carboxylic acids is 1. The van der Waals surface area contributed by atoms with Crippen LogP contribution >= 0.6 is 0 Å². The molecule has 0 aliphatic carbocycles. The molecule has 68 valence electrons. The van der Waals surface area contributed by atoms with E-state index in [1.54, 1.807) is 0 Å². The summed E-state index contributed by atoms with van der Waals surface area (Å²) in [7, 11) is 1.31. The maximum Gasteiger partial charge on any atom is 0.416 e. The predicted molar refractivity (Wildman–Crippen MR) is 44.3 cm³/mol. The molecule has 0 aliphatic heterocycles. The second-order valence-electron chi connectivity index (χ2n) is 2.63. The molecular weight excluding hydrogens is 180 g/mol. The van der Waals surface area contributed by atoms with Crippen molar-refractivity contribution in [2.75, 3.05) is 0 Å². The molecule has 0 aliphatic rings. The SMILES string of the molecule is BC(=O)c1ccc(C(F)(F)F)cc1. The fourth-order valence-corrected chi connectivity index (χ4v) is 0.894. The molecule has 13 heavy (non-hydrogen) atoms. The summed E-state index contributed by atoms with van der Waals surface area (Å²) in [5.41, 5.74) is -0.695. The molecule has 0 N–H and O–H groups in total. The Kier molecular flexibility index (Phi) is 2.45. The number of alkyl halides is 3. The third-order valence-electron chi connectivity index (χ3n) is 1.62. The Morgan fingerprint density at radius 3 is 1.92 bits per heavy atom. The zero-order valence-electron chi connectivity index (χ0n) is 6.85. The van der Waals surface area contributed by atoms with Crippen molar-refractivity contribution in [2.24, 2.45) is 0 Å². The molecule has 0 spiro atoms. The van der Waals surface area contributed by atoms with E-state index < -0.39 is 11.7 Å². The maximum atomic E-state index is 12.0. The number of carbonyl (C=O) groups is 1. The van der Waals surface area contributed by atoms with Crippen molar-refractivity contribution in [1.29, 1.82) is 0 Å². The summed E-state index contributed by atoms with van der Waals surface area (Å²) >= 11 is 0. The first kappa shape index (κ1) is 9.83. The zero-order chi connectivity index (χ0) is 10.1. The first-order chi connectivity index (χ1) is 5.91. The molecule has 0 saturated carbocycles. The highest BCUT2D eigenvalue weighted by Gasteiger charge is 2.29. The van der Waals surface area contributed by atoms with Crippen LogP contribution in [0, 0.1) is 0 Å². The molecule has 5 heteroatoms. The summed E-state index contributed by atoms with van der Waals surface area (Å²) in [6.45, 7) is 0. The molecule has 0 heterocycles. The fraction of sp³-hybridized carbons (Fsp3) is 0.125. The fourth-order valence-electron chi connectivity index (χ4n) is 0.894. The van der Waals surface area contributed by atoms with Crippen LogP contribution in [0.5, 0.6) is 0 Å². The minimum atomic E-state index is -4.34. The lowest BCUT2D eigenvalue weighted by Crippen LogP contribution is -2.05. The normalized spacial score (nSPS) is 11.3. The summed E-state index contributed by atoms with van der Waals surface area (Å²) in [5, 5.41) is 0. The summed E-state index contributed by atoms with van der Waals surface area (Å²) in [6.07, 6.45) is -4.34. The molecule has 0 saturated heterocycles. The van der Waals surface area contributed by atoms with Gasteiger partial charge >= 0.3 is 6.18 Å². The van der Waals surface area contributed by atoms with Crippen molar-refractivity contribution >= 4 is 13.5 Å². The van der Waals surface area contributed by atoms with Crippen LogP contribution in [0.2, 0.25) is 0 Å². The highest BCUT2D eigenvalue weighted by Crippen LogP contribution is 2.28. The molecule has 0 unspecified atom stereocenters. The van der Waals surface area contributed by atoms with E-state index in [9.17, 15) is 18.0 Å². The molecule has 1 rings (SSSR count). The lowest BCUT2D eigenvalue weighted by Gasteiger charge is -2.05. The van der Waals surface area contributed by atoms with Gasteiger partial charge in [0.05, 0.1) is 5.56 Å². The molecule has 0 fully saturated rings. The predicted octanol–water partition coefficient (Wildman–Crippen LogP) is 1.48. The Labute approximate surface area is 74.0 Å². The van der Waals surface area contributed by atoms with Gasteiger partial charge in [0.2, 0.25) is 0 Å². The van der Waals surface area contributed by atoms with Gasteiger partial charge in [0.25, 0.3) is 0 Å². The first-order valence-electron chi connectivity index (χ1n) is 3.59. The second kappa shape index (κ2) is 3.24. The van der Waals surface area contributed by atoms with Crippen molar-refractivity contribution in [1.82, 2.24) is 0 Å². The molecule has 1 aromatic carbocycles. The monoisotopic (exact) mass is 186 g/mol. The smallest absolute Gasteiger partial charge is 0.307 e. The number of benzene rings is 1. The quantitative estimate of drug-likeness (QED) is 0.607. The van der Waals surface area contributed by atoms with Crippen LogP contribution in [0.4, 0.5) is 13.2 Å². The standard InChI is InChI=1S/C8H6BF3O/c9-7(13)5-1-3-6(4-2-5)8(10,11)12/h1-4H,9H2. The third kappa shape index (κ3) is 2.34. The van der Waals surface area contributed by atoms with Crippen LogP contribution in [0.3, 0.4) is 0 Å². The zero-order valence-corrected chi connectivity index (χ0v) is 6.85. The molecule has 1 aromatic rings. The summed E-state index contributed by atoms with van der Waals surface area (Å²) in [4.78, 5) is 10.7. The van der Waals surface area contributed by atoms with E-state index in [-0.39, 0.29) is 11.2 Å². The average molecular weight is 186 g/mol. The van der Waals surface area contributed by atoms with Gasteiger partial charge in [-0.1, -0.05) is 12.1 Å². The molecule has 0 atom stereocenters. The van der Waals surface area contributed by atoms with Crippen molar-refractivity contribution in [3.8, 4) is 0 Å². The number of hydrogen-bond acceptors (Lipinski definition) is 1. The van der Waals surface area contributed by atoms with E-state index in [1.807, 2.05) is 0 Å². The van der Waals surface area contributed by atoms with E-state index in [0.29, 0.717) is 0 Å². The lowest BCUT2D eigenvalue weighted by atomic mass is 9.94. The number of halogens is 3. The number of hydrogen-bond donors (Lipinski definition) is 0. The van der Waals surface area contributed by atoms with Gasteiger partial charge < -0.3 is 4.79 Å². The molecule has 0 radical (unpaired) electrons. The van der Waals surface area contributed by atoms with Crippen LogP contribution in [0.15, 0.2) is 24.3 Å². The van der Waals surface area contributed by atoms with E-state index >= 15 is 0 Å². The minimum absolute atomic E-state index is 0.242. The van der Waals surface area contributed by atoms with Gasteiger partial charge in [-0.15, -0.1) is 0 Å². The lowest BCUT2D eigenvalue weighted by molar-refractivity contribution is -0.137. The van der Waals surface area contributed by atoms with Crippen molar-refractivity contribution in [3.05, 3.63) is 35.4 Å². The van der Waals surface area contributed by atoms with Crippen molar-refractivity contribution in [3.63, 3.8) is 0 Å². The third-order valence-corrected chi connectivity index (χ3v) is 1.62. The highest BCUT2D eigenvalue weighted by molar-refractivity contribution is 6.62. The molecule has 0 amide bonds. The first-order valence-corrected chi connectivity index (χ1v) is 3.59. The maximum absolute atomic E-state index is 12.0. The Morgan fingerprint density at radius 2 is 1.62 bits per heavy atom. The summed E-state index contributed by atoms with van der Waals surface area (Å²) < 4.78 is 36.1. The van der Waals surface area contributed by atoms with Crippen LogP contribution < -0.4 is 0 Å². The van der Waals surface area contributed by atoms with Gasteiger partial charge in [-0.05, 0) is 12.1 Å². The highest BCUT2D eigenvalue weighted by atomic mass is 19.4. The Hall–Kier alpha value is -1.26. The number of rotatable bonds is 1. The Balaban J connectivity index is 3.01. The van der Waals surface area contributed by atoms with E-state index in [2.05, 4.69) is 0 Å². The second-order valence-corrected chi connectivity index (χ2v) is 2.63. The minimum Gasteiger partial charge on any atom is -0.307 e. The topological polar surface area (TPSA) is 17.1 Å². The van der Waals surface area contributed by atoms with Gasteiger partial charge in [0.15, 0.2) is 7.85 Å². The van der Waals surface area contributed by atoms with E-state index in [1.165, 1.54) is 20.0 Å². The Bertz CT molecular complexity index is 315. The van der Waals surface area contributed by atoms with Gasteiger partial charge in [-0.3, -0.25) is 0 Å². The average Bonchev–Trinajstić information content (AvgIpc) is 2.03. The van der Waals surface area contributed by atoms with Gasteiger partial charge in [0.1, 0.15) is 5.68 Å². The van der Waals surface area contributed by atoms with Gasteiger partial charge in [-0.25, -0.2) is 0 Å². The van der Waals surface area contributed by atoms with Crippen LogP contribution in [0.25, 0.3) is 0 Å². The van der Waals surface area contributed by atoms with Crippen molar-refractivity contribution < 1.29 is 18.0 Å². The van der Waals surface area contributed by atoms with Gasteiger partial charge in [-0.2, -0.15) is 13.2 Å². The van der Waals surface area contributed by atoms with Crippen LogP contribution in [-0.4, -0.2) is 13.5 Å². The molecular formula is C8H6BF3O. The largest absolute Gasteiger partial charge is 0.416 e. The van der Waals surface area contributed by atoms with Gasteiger partial charge in [0, 0.05) is 5.56 Å². The molecule has 1 nitrogen and oxygen atoms in total. The van der Waals surface area contributed by atoms with Crippen LogP contribution in [0.1, 0.15) is 15.9 Å². The Morgan fingerprint density at radius 1 is 1.15 bits per heavy atom. The van der Waals surface area contributed by atoms with E-state index in [0.717, 1.165) is 12.1 Å². The molecule has 0 aromatic heterocycles.